The zero-order chi connectivity index (χ0) is 13.3. The molecule has 0 aliphatic carbocycles. The molecule has 2 rings (SSSR count). The molecular formula is C13H13NO4. The van der Waals surface area contributed by atoms with Gasteiger partial charge in [0.05, 0.1) is 12.1 Å². The Morgan fingerprint density at radius 2 is 2.06 bits per heavy atom. The van der Waals surface area contributed by atoms with Crippen molar-refractivity contribution < 1.29 is 19.5 Å². The predicted molar refractivity (Wildman–Crippen MR) is 62.7 cm³/mol. The van der Waals surface area contributed by atoms with E-state index in [0.29, 0.717) is 5.56 Å². The molecule has 5 nitrogen and oxygen atoms in total. The topological polar surface area (TPSA) is 74.7 Å². The number of benzene rings is 1. The van der Waals surface area contributed by atoms with Crippen LogP contribution in [0, 0.1) is 5.92 Å². The van der Waals surface area contributed by atoms with Gasteiger partial charge in [-0.05, 0) is 11.6 Å². The largest absolute Gasteiger partial charge is 0.478 e. The minimum atomic E-state index is -1.06. The summed E-state index contributed by atoms with van der Waals surface area (Å²) in [5, 5.41) is 9.03. The van der Waals surface area contributed by atoms with Crippen LogP contribution in [0.25, 0.3) is 0 Å². The number of carbonyl (C=O) groups is 3. The van der Waals surface area contributed by atoms with Crippen molar-refractivity contribution in [1.82, 2.24) is 4.90 Å². The van der Waals surface area contributed by atoms with E-state index in [-0.39, 0.29) is 36.3 Å². The standard InChI is InChI=1S/C13H13NO4/c1-8-6-11(15)14(12(8)16)7-9-4-2-3-5-10(9)13(17)18/h2-5,8H,6-7H2,1H3,(H,17,18). The van der Waals surface area contributed by atoms with Gasteiger partial charge in [0.25, 0.3) is 0 Å². The maximum atomic E-state index is 11.8. The number of imide groups is 1. The molecule has 0 aromatic heterocycles. The van der Waals surface area contributed by atoms with Crippen molar-refractivity contribution in [2.24, 2.45) is 5.92 Å². The van der Waals surface area contributed by atoms with E-state index in [1.54, 1.807) is 25.1 Å². The fourth-order valence-electron chi connectivity index (χ4n) is 2.05. The van der Waals surface area contributed by atoms with Gasteiger partial charge in [-0.1, -0.05) is 25.1 Å². The van der Waals surface area contributed by atoms with Crippen LogP contribution in [0.3, 0.4) is 0 Å². The van der Waals surface area contributed by atoms with Gasteiger partial charge in [0.1, 0.15) is 0 Å². The number of aromatic carboxylic acids is 1. The maximum absolute atomic E-state index is 11.8. The van der Waals surface area contributed by atoms with Crippen LogP contribution < -0.4 is 0 Å². The summed E-state index contributed by atoms with van der Waals surface area (Å²) in [6.45, 7) is 1.73. The third kappa shape index (κ3) is 2.11. The highest BCUT2D eigenvalue weighted by Gasteiger charge is 2.35. The van der Waals surface area contributed by atoms with Crippen LogP contribution >= 0.6 is 0 Å². The molecule has 0 bridgehead atoms. The van der Waals surface area contributed by atoms with Crippen LogP contribution in [0.4, 0.5) is 0 Å². The Morgan fingerprint density at radius 1 is 1.39 bits per heavy atom. The molecule has 1 saturated heterocycles. The summed E-state index contributed by atoms with van der Waals surface area (Å²) in [5.41, 5.74) is 0.596. The summed E-state index contributed by atoms with van der Waals surface area (Å²) in [6.07, 6.45) is 0.202. The molecule has 1 N–H and O–H groups in total. The Hall–Kier alpha value is -2.17. The lowest BCUT2D eigenvalue weighted by Crippen LogP contribution is -2.30. The molecule has 1 heterocycles. The number of carboxylic acids is 1. The van der Waals surface area contributed by atoms with E-state index in [4.69, 9.17) is 5.11 Å². The van der Waals surface area contributed by atoms with E-state index >= 15 is 0 Å². The lowest BCUT2D eigenvalue weighted by atomic mass is 10.1. The van der Waals surface area contributed by atoms with Crippen LogP contribution in [0.5, 0.6) is 0 Å². The molecular weight excluding hydrogens is 234 g/mol. The zero-order valence-corrected chi connectivity index (χ0v) is 9.92. The quantitative estimate of drug-likeness (QED) is 0.816. The number of carboxylic acid groups (broad SMARTS) is 1. The Morgan fingerprint density at radius 3 is 2.61 bits per heavy atom. The van der Waals surface area contributed by atoms with Gasteiger partial charge in [-0.2, -0.15) is 0 Å². The number of amides is 2. The summed E-state index contributed by atoms with van der Waals surface area (Å²) < 4.78 is 0. The van der Waals surface area contributed by atoms with Gasteiger partial charge in [-0.25, -0.2) is 4.79 Å². The van der Waals surface area contributed by atoms with E-state index in [1.807, 2.05) is 0 Å². The highest BCUT2D eigenvalue weighted by Crippen LogP contribution is 2.22. The van der Waals surface area contributed by atoms with Crippen molar-refractivity contribution >= 4 is 17.8 Å². The van der Waals surface area contributed by atoms with E-state index < -0.39 is 5.97 Å². The van der Waals surface area contributed by atoms with Crippen molar-refractivity contribution in [2.45, 2.75) is 19.9 Å². The second-order valence-electron chi connectivity index (χ2n) is 4.39. The second-order valence-corrected chi connectivity index (χ2v) is 4.39. The molecule has 0 spiro atoms. The summed E-state index contributed by atoms with van der Waals surface area (Å²) in [5.74, 6) is -1.85. The highest BCUT2D eigenvalue weighted by molar-refractivity contribution is 6.03. The molecule has 0 saturated carbocycles. The van der Waals surface area contributed by atoms with E-state index in [0.717, 1.165) is 4.90 Å². The van der Waals surface area contributed by atoms with Gasteiger partial charge >= 0.3 is 5.97 Å². The van der Waals surface area contributed by atoms with Crippen molar-refractivity contribution in [1.29, 1.82) is 0 Å². The molecule has 1 fully saturated rings. The fourth-order valence-corrected chi connectivity index (χ4v) is 2.05. The van der Waals surface area contributed by atoms with Crippen LogP contribution in [0.15, 0.2) is 24.3 Å². The molecule has 1 atom stereocenters. The van der Waals surface area contributed by atoms with Crippen LogP contribution in [0.1, 0.15) is 29.3 Å². The monoisotopic (exact) mass is 247 g/mol. The molecule has 1 unspecified atom stereocenters. The Balaban J connectivity index is 2.27. The van der Waals surface area contributed by atoms with E-state index in [9.17, 15) is 14.4 Å². The second kappa shape index (κ2) is 4.60. The van der Waals surface area contributed by atoms with Crippen molar-refractivity contribution in [3.05, 3.63) is 35.4 Å². The summed E-state index contributed by atoms with van der Waals surface area (Å²) in [7, 11) is 0. The average Bonchev–Trinajstić information content (AvgIpc) is 2.56. The first-order chi connectivity index (χ1) is 8.50. The first kappa shape index (κ1) is 12.3. The summed E-state index contributed by atoms with van der Waals surface area (Å²) >= 11 is 0. The Bertz CT molecular complexity index is 523. The summed E-state index contributed by atoms with van der Waals surface area (Å²) in [6, 6.07) is 6.39. The number of hydrogen-bond acceptors (Lipinski definition) is 3. The molecule has 1 aliphatic rings. The first-order valence-electron chi connectivity index (χ1n) is 5.66. The van der Waals surface area contributed by atoms with Gasteiger partial charge in [0, 0.05) is 12.3 Å². The number of likely N-dealkylation sites (tertiary alicyclic amines) is 1. The van der Waals surface area contributed by atoms with Crippen molar-refractivity contribution in [3.8, 4) is 0 Å². The van der Waals surface area contributed by atoms with Gasteiger partial charge in [-0.3, -0.25) is 14.5 Å². The summed E-state index contributed by atoms with van der Waals surface area (Å²) in [4.78, 5) is 35.6. The third-order valence-corrected chi connectivity index (χ3v) is 3.05. The molecule has 5 heteroatoms. The normalized spacial score (nSPS) is 19.4. The molecule has 1 aromatic carbocycles. The Labute approximate surface area is 104 Å². The van der Waals surface area contributed by atoms with Crippen molar-refractivity contribution in [3.63, 3.8) is 0 Å². The third-order valence-electron chi connectivity index (χ3n) is 3.05. The molecule has 18 heavy (non-hydrogen) atoms. The molecule has 1 aliphatic heterocycles. The Kier molecular flexibility index (Phi) is 3.14. The smallest absolute Gasteiger partial charge is 0.336 e. The number of nitrogens with zero attached hydrogens (tertiary/aromatic N) is 1. The number of rotatable bonds is 3. The van der Waals surface area contributed by atoms with Gasteiger partial charge in [0.15, 0.2) is 0 Å². The molecule has 2 amide bonds. The number of hydrogen-bond donors (Lipinski definition) is 1. The molecule has 1 aromatic rings. The van der Waals surface area contributed by atoms with Gasteiger partial charge in [-0.15, -0.1) is 0 Å². The maximum Gasteiger partial charge on any atom is 0.336 e. The lowest BCUT2D eigenvalue weighted by Gasteiger charge is -2.15. The van der Waals surface area contributed by atoms with E-state index in [1.165, 1.54) is 6.07 Å². The zero-order valence-electron chi connectivity index (χ0n) is 9.92. The van der Waals surface area contributed by atoms with Crippen LogP contribution in [-0.2, 0) is 16.1 Å². The SMILES string of the molecule is CC1CC(=O)N(Cc2ccccc2C(=O)O)C1=O. The van der Waals surface area contributed by atoms with Crippen LogP contribution in [0.2, 0.25) is 0 Å². The molecule has 94 valence electrons. The van der Waals surface area contributed by atoms with E-state index in [2.05, 4.69) is 0 Å². The first-order valence-corrected chi connectivity index (χ1v) is 5.66. The fraction of sp³-hybridized carbons (Fsp3) is 0.308. The minimum Gasteiger partial charge on any atom is -0.478 e. The highest BCUT2D eigenvalue weighted by atomic mass is 16.4. The predicted octanol–water partition coefficient (Wildman–Crippen LogP) is 1.28. The van der Waals surface area contributed by atoms with Gasteiger partial charge in [0.2, 0.25) is 11.8 Å². The lowest BCUT2D eigenvalue weighted by molar-refractivity contribution is -0.139. The number of carbonyl (C=O) groups excluding carboxylic acids is 2. The molecule has 0 radical (unpaired) electrons. The average molecular weight is 247 g/mol. The van der Waals surface area contributed by atoms with Crippen LogP contribution in [-0.4, -0.2) is 27.8 Å². The van der Waals surface area contributed by atoms with Gasteiger partial charge < -0.3 is 5.11 Å². The minimum absolute atomic E-state index is 0.0322. The van der Waals surface area contributed by atoms with Crippen molar-refractivity contribution in [2.75, 3.05) is 0 Å².